The Morgan fingerprint density at radius 2 is 0.943 bits per heavy atom. The Morgan fingerprint density at radius 1 is 0.571 bits per heavy atom. The van der Waals surface area contributed by atoms with Crippen molar-refractivity contribution in [1.29, 1.82) is 0 Å². The first-order valence-electron chi connectivity index (χ1n) is 10.5. The Morgan fingerprint density at radius 3 is 1.29 bits per heavy atom. The van der Waals surface area contributed by atoms with Crippen LogP contribution < -0.4 is 0 Å². The number of ether oxygens (including phenoxy) is 1. The van der Waals surface area contributed by atoms with Gasteiger partial charge < -0.3 is 4.74 Å². The number of benzene rings is 4. The number of nitro benzene ring substituents is 2. The summed E-state index contributed by atoms with van der Waals surface area (Å²) < 4.78 is 6.61. The van der Waals surface area contributed by atoms with Crippen LogP contribution in [-0.2, 0) is 4.74 Å². The predicted molar refractivity (Wildman–Crippen MR) is 134 cm³/mol. The molecule has 0 fully saturated rings. The number of rotatable bonds is 8. The van der Waals surface area contributed by atoms with Gasteiger partial charge in [0.25, 0.3) is 11.4 Å². The van der Waals surface area contributed by atoms with Crippen LogP contribution in [0.3, 0.4) is 0 Å². The summed E-state index contributed by atoms with van der Waals surface area (Å²) in [5.74, 6) is 0. The first-order chi connectivity index (χ1) is 16.9. The maximum Gasteiger partial charge on any atom is 0.288 e. The summed E-state index contributed by atoms with van der Waals surface area (Å²) in [6.45, 7) is 0. The molecule has 4 aromatic carbocycles. The van der Waals surface area contributed by atoms with Crippen LogP contribution in [0.2, 0.25) is 10.0 Å². The second-order valence-corrected chi connectivity index (χ2v) is 8.35. The van der Waals surface area contributed by atoms with Crippen molar-refractivity contribution in [3.8, 4) is 0 Å². The summed E-state index contributed by atoms with van der Waals surface area (Å²) in [5, 5.41) is 23.0. The molecule has 9 heteroatoms. The molecule has 4 aromatic rings. The van der Waals surface area contributed by atoms with Crippen molar-refractivity contribution in [2.75, 3.05) is 0 Å². The lowest BCUT2D eigenvalue weighted by Crippen LogP contribution is -2.15. The molecule has 0 aliphatic carbocycles. The number of nitro groups is 2. The maximum atomic E-state index is 11.5. The third kappa shape index (κ3) is 5.17. The molecule has 0 aliphatic heterocycles. The van der Waals surface area contributed by atoms with Gasteiger partial charge in [-0.25, -0.2) is 0 Å². The van der Waals surface area contributed by atoms with Crippen LogP contribution in [0.25, 0.3) is 0 Å². The molecule has 2 atom stereocenters. The van der Waals surface area contributed by atoms with E-state index >= 15 is 0 Å². The molecule has 0 aromatic heterocycles. The van der Waals surface area contributed by atoms with Gasteiger partial charge >= 0.3 is 0 Å². The van der Waals surface area contributed by atoms with Crippen LogP contribution in [0.15, 0.2) is 97.1 Å². The zero-order valence-electron chi connectivity index (χ0n) is 18.1. The first-order valence-corrected chi connectivity index (χ1v) is 11.2. The van der Waals surface area contributed by atoms with Gasteiger partial charge in [-0.15, -0.1) is 0 Å². The van der Waals surface area contributed by atoms with Crippen LogP contribution in [-0.4, -0.2) is 9.85 Å². The molecule has 0 aliphatic rings. The first kappa shape index (κ1) is 24.3. The van der Waals surface area contributed by atoms with E-state index < -0.39 is 22.1 Å². The van der Waals surface area contributed by atoms with Gasteiger partial charge in [-0.05, 0) is 11.1 Å². The third-order valence-corrected chi connectivity index (χ3v) is 6.28. The highest BCUT2D eigenvalue weighted by Crippen LogP contribution is 2.43. The van der Waals surface area contributed by atoms with Gasteiger partial charge in [0.15, 0.2) is 0 Å². The third-order valence-electron chi connectivity index (χ3n) is 5.45. The second kappa shape index (κ2) is 10.7. The van der Waals surface area contributed by atoms with E-state index in [1.807, 2.05) is 60.7 Å². The molecule has 0 amide bonds. The average molecular weight is 509 g/mol. The highest BCUT2D eigenvalue weighted by Gasteiger charge is 2.30. The highest BCUT2D eigenvalue weighted by molar-refractivity contribution is 6.33. The molecule has 0 radical (unpaired) electrons. The standard InChI is InChI=1S/C26H18Cl2N2O5/c27-23-19(13-7-15-21(23)29(31)32)25(17-9-3-1-4-10-17)35-26(18-11-5-2-6-12-18)20-14-8-16-22(24(20)28)30(33)34/h1-16,25-26H. The topological polar surface area (TPSA) is 95.5 Å². The van der Waals surface area contributed by atoms with E-state index in [-0.39, 0.29) is 21.4 Å². The van der Waals surface area contributed by atoms with Crippen LogP contribution in [0.4, 0.5) is 11.4 Å². The van der Waals surface area contributed by atoms with Crippen molar-refractivity contribution < 1.29 is 14.6 Å². The minimum Gasteiger partial charge on any atom is -0.356 e. The fourth-order valence-electron chi connectivity index (χ4n) is 3.82. The molecule has 176 valence electrons. The molecule has 4 rings (SSSR count). The molecule has 2 unspecified atom stereocenters. The fraction of sp³-hybridized carbons (Fsp3) is 0.0769. The minimum absolute atomic E-state index is 0.0525. The number of halogens is 2. The Labute approximate surface area is 210 Å². The zero-order valence-corrected chi connectivity index (χ0v) is 19.6. The van der Waals surface area contributed by atoms with E-state index in [0.29, 0.717) is 22.3 Å². The molecule has 0 bridgehead atoms. The fourth-order valence-corrected chi connectivity index (χ4v) is 4.40. The summed E-state index contributed by atoms with van der Waals surface area (Å²) in [6.07, 6.45) is -1.69. The second-order valence-electron chi connectivity index (χ2n) is 7.59. The van der Waals surface area contributed by atoms with Gasteiger partial charge in [0.05, 0.1) is 9.85 Å². The number of hydrogen-bond acceptors (Lipinski definition) is 5. The minimum atomic E-state index is -0.843. The molecule has 7 nitrogen and oxygen atoms in total. The normalized spacial score (nSPS) is 12.6. The maximum absolute atomic E-state index is 11.5. The SMILES string of the molecule is O=[N+]([O-])c1cccc(C(OC(c2ccccc2)c2cccc([N+](=O)[O-])c2Cl)c2ccccc2)c1Cl. The molecule has 0 saturated heterocycles. The van der Waals surface area contributed by atoms with Gasteiger partial charge in [-0.2, -0.15) is 0 Å². The number of nitrogens with zero attached hydrogens (tertiary/aromatic N) is 2. The summed E-state index contributed by atoms with van der Waals surface area (Å²) in [4.78, 5) is 22.0. The summed E-state index contributed by atoms with van der Waals surface area (Å²) >= 11 is 13.0. The van der Waals surface area contributed by atoms with E-state index in [1.54, 1.807) is 12.1 Å². The molecule has 0 heterocycles. The van der Waals surface area contributed by atoms with E-state index in [1.165, 1.54) is 24.3 Å². The Bertz CT molecular complexity index is 1260. The Kier molecular flexibility index (Phi) is 7.41. The predicted octanol–water partition coefficient (Wildman–Crippen LogP) is 7.71. The number of hydrogen-bond donors (Lipinski definition) is 0. The lowest BCUT2D eigenvalue weighted by Gasteiger charge is -2.27. The Hall–Kier alpha value is -3.78. The molecule has 35 heavy (non-hydrogen) atoms. The quantitative estimate of drug-likeness (QED) is 0.179. The molecule has 0 spiro atoms. The van der Waals surface area contributed by atoms with Crippen molar-refractivity contribution in [1.82, 2.24) is 0 Å². The molecule has 0 saturated carbocycles. The molecule has 0 N–H and O–H groups in total. The van der Waals surface area contributed by atoms with Gasteiger partial charge in [0, 0.05) is 23.3 Å². The molecular weight excluding hydrogens is 491 g/mol. The largest absolute Gasteiger partial charge is 0.356 e. The van der Waals surface area contributed by atoms with Gasteiger partial charge in [0.2, 0.25) is 0 Å². The highest BCUT2D eigenvalue weighted by atomic mass is 35.5. The smallest absolute Gasteiger partial charge is 0.288 e. The zero-order chi connectivity index (χ0) is 24.9. The average Bonchev–Trinajstić information content (AvgIpc) is 2.86. The van der Waals surface area contributed by atoms with E-state index in [0.717, 1.165) is 0 Å². The monoisotopic (exact) mass is 508 g/mol. The van der Waals surface area contributed by atoms with E-state index in [2.05, 4.69) is 0 Å². The van der Waals surface area contributed by atoms with Crippen molar-refractivity contribution in [2.45, 2.75) is 12.2 Å². The van der Waals surface area contributed by atoms with E-state index in [4.69, 9.17) is 27.9 Å². The van der Waals surface area contributed by atoms with Crippen LogP contribution >= 0.6 is 23.2 Å². The van der Waals surface area contributed by atoms with Gasteiger partial charge in [-0.3, -0.25) is 20.2 Å². The van der Waals surface area contributed by atoms with Crippen molar-refractivity contribution in [3.63, 3.8) is 0 Å². The van der Waals surface area contributed by atoms with E-state index in [9.17, 15) is 20.2 Å². The Balaban J connectivity index is 1.91. The molecular formula is C26H18Cl2N2O5. The lowest BCUT2D eigenvalue weighted by molar-refractivity contribution is -0.384. The van der Waals surface area contributed by atoms with Crippen molar-refractivity contribution in [2.24, 2.45) is 0 Å². The lowest BCUT2D eigenvalue weighted by atomic mass is 9.97. The van der Waals surface area contributed by atoms with Crippen molar-refractivity contribution >= 4 is 34.6 Å². The van der Waals surface area contributed by atoms with Gasteiger partial charge in [-0.1, -0.05) is 108 Å². The van der Waals surface area contributed by atoms with Crippen LogP contribution in [0, 0.1) is 20.2 Å². The van der Waals surface area contributed by atoms with Crippen molar-refractivity contribution in [3.05, 3.63) is 150 Å². The van der Waals surface area contributed by atoms with Crippen LogP contribution in [0.5, 0.6) is 0 Å². The van der Waals surface area contributed by atoms with Crippen LogP contribution in [0.1, 0.15) is 34.5 Å². The summed E-state index contributed by atoms with van der Waals surface area (Å²) in [7, 11) is 0. The summed E-state index contributed by atoms with van der Waals surface area (Å²) in [5.41, 5.74) is 1.65. The summed E-state index contributed by atoms with van der Waals surface area (Å²) in [6, 6.07) is 27.2. The van der Waals surface area contributed by atoms with Gasteiger partial charge in [0.1, 0.15) is 22.3 Å².